The van der Waals surface area contributed by atoms with E-state index in [-0.39, 0.29) is 12.2 Å². The number of fused-ring (bicyclic) bond motifs is 2. The number of hydrogen-bond acceptors (Lipinski definition) is 4. The summed E-state index contributed by atoms with van der Waals surface area (Å²) in [4.78, 5) is 15.3. The van der Waals surface area contributed by atoms with Crippen molar-refractivity contribution in [1.82, 2.24) is 15.1 Å². The van der Waals surface area contributed by atoms with Gasteiger partial charge < -0.3 is 15.2 Å². The summed E-state index contributed by atoms with van der Waals surface area (Å²) in [5.41, 5.74) is 1.35. The van der Waals surface area contributed by atoms with E-state index in [0.717, 1.165) is 45.7 Å². The van der Waals surface area contributed by atoms with Crippen molar-refractivity contribution in [2.45, 2.75) is 25.2 Å². The summed E-state index contributed by atoms with van der Waals surface area (Å²) in [7, 11) is 0. The number of nitrogens with zero attached hydrogens (tertiary/aromatic N) is 2. The van der Waals surface area contributed by atoms with Crippen LogP contribution in [0.4, 0.5) is 4.79 Å². The van der Waals surface area contributed by atoms with Gasteiger partial charge in [0.1, 0.15) is 0 Å². The van der Waals surface area contributed by atoms with Gasteiger partial charge in [0.05, 0.1) is 12.2 Å². The highest BCUT2D eigenvalue weighted by Gasteiger charge is 2.34. The van der Waals surface area contributed by atoms with E-state index >= 15 is 0 Å². The molecular formula is C17H25N3O3. The lowest BCUT2D eigenvalue weighted by Gasteiger charge is -2.46. The smallest absolute Gasteiger partial charge is 0.404 e. The van der Waals surface area contributed by atoms with Crippen LogP contribution in [0.5, 0.6) is 0 Å². The van der Waals surface area contributed by atoms with Crippen LogP contribution in [0.15, 0.2) is 30.3 Å². The quantitative estimate of drug-likeness (QED) is 0.772. The highest BCUT2D eigenvalue weighted by atomic mass is 16.5. The van der Waals surface area contributed by atoms with Crippen LogP contribution in [0.3, 0.4) is 0 Å². The van der Waals surface area contributed by atoms with E-state index in [0.29, 0.717) is 6.54 Å². The van der Waals surface area contributed by atoms with Crippen molar-refractivity contribution in [3.8, 4) is 0 Å². The van der Waals surface area contributed by atoms with Gasteiger partial charge in [-0.1, -0.05) is 30.3 Å². The lowest BCUT2D eigenvalue weighted by atomic mass is 10.1. The molecule has 2 atom stereocenters. The molecular weight excluding hydrogens is 294 g/mol. The van der Waals surface area contributed by atoms with Gasteiger partial charge in [-0.15, -0.1) is 0 Å². The topological polar surface area (TPSA) is 65.0 Å². The molecule has 2 heterocycles. The van der Waals surface area contributed by atoms with Gasteiger partial charge in [0.15, 0.2) is 0 Å². The molecule has 0 spiro atoms. The van der Waals surface area contributed by atoms with Crippen molar-refractivity contribution in [2.75, 3.05) is 39.3 Å². The normalized spacial score (nSPS) is 25.2. The second kappa shape index (κ2) is 7.77. The zero-order chi connectivity index (χ0) is 16.1. The predicted molar refractivity (Wildman–Crippen MR) is 87.5 cm³/mol. The first-order valence-corrected chi connectivity index (χ1v) is 8.30. The molecule has 1 aromatic carbocycles. The lowest BCUT2D eigenvalue weighted by Crippen LogP contribution is -2.59. The molecule has 6 heteroatoms. The van der Waals surface area contributed by atoms with Gasteiger partial charge in [-0.2, -0.15) is 0 Å². The standard InChI is InChI=1S/C17H25N3O3/c21-17(22)18-7-4-8-19-10-15-12-20(13-16(11-19)23-15)9-14-5-2-1-3-6-14/h1-3,5-6,15-16,18H,4,7-13H2,(H,21,22). The Morgan fingerprint density at radius 3 is 2.43 bits per heavy atom. The summed E-state index contributed by atoms with van der Waals surface area (Å²) >= 11 is 0. The summed E-state index contributed by atoms with van der Waals surface area (Å²) in [5.74, 6) is 0. The second-order valence-corrected chi connectivity index (χ2v) is 6.40. The Balaban J connectivity index is 1.43. The third-order valence-electron chi connectivity index (χ3n) is 4.41. The monoisotopic (exact) mass is 319 g/mol. The lowest BCUT2D eigenvalue weighted by molar-refractivity contribution is -0.140. The minimum absolute atomic E-state index is 0.263. The average molecular weight is 319 g/mol. The van der Waals surface area contributed by atoms with Gasteiger partial charge in [-0.25, -0.2) is 4.79 Å². The van der Waals surface area contributed by atoms with Crippen molar-refractivity contribution < 1.29 is 14.6 Å². The number of carbonyl (C=O) groups is 1. The minimum Gasteiger partial charge on any atom is -0.465 e. The number of rotatable bonds is 6. The van der Waals surface area contributed by atoms with Crippen LogP contribution in [0.25, 0.3) is 0 Å². The van der Waals surface area contributed by atoms with Gasteiger partial charge >= 0.3 is 6.09 Å². The summed E-state index contributed by atoms with van der Waals surface area (Å²) in [5, 5.41) is 11.0. The number of nitrogens with one attached hydrogen (secondary N) is 1. The molecule has 2 bridgehead atoms. The summed E-state index contributed by atoms with van der Waals surface area (Å²) in [6.45, 7) is 6.24. The molecule has 2 fully saturated rings. The van der Waals surface area contributed by atoms with Crippen LogP contribution in [-0.2, 0) is 11.3 Å². The van der Waals surface area contributed by atoms with Crippen LogP contribution in [0.2, 0.25) is 0 Å². The summed E-state index contributed by atoms with van der Waals surface area (Å²) in [6, 6.07) is 10.6. The van der Waals surface area contributed by atoms with E-state index in [1.54, 1.807) is 0 Å². The highest BCUT2D eigenvalue weighted by Crippen LogP contribution is 2.20. The van der Waals surface area contributed by atoms with Crippen molar-refractivity contribution in [1.29, 1.82) is 0 Å². The molecule has 126 valence electrons. The van der Waals surface area contributed by atoms with E-state index in [1.807, 2.05) is 0 Å². The number of ether oxygens (including phenoxy) is 1. The molecule has 2 saturated heterocycles. The molecule has 0 aromatic heterocycles. The molecule has 6 nitrogen and oxygen atoms in total. The average Bonchev–Trinajstić information content (AvgIpc) is 2.51. The van der Waals surface area contributed by atoms with E-state index in [4.69, 9.17) is 9.84 Å². The fourth-order valence-corrected chi connectivity index (χ4v) is 3.51. The SMILES string of the molecule is O=C(O)NCCCN1CC2CN(Cc3ccccc3)CC(C1)O2. The fraction of sp³-hybridized carbons (Fsp3) is 0.588. The molecule has 1 aromatic rings. The Kier molecular flexibility index (Phi) is 5.48. The van der Waals surface area contributed by atoms with Crippen LogP contribution >= 0.6 is 0 Å². The molecule has 2 aliphatic heterocycles. The largest absolute Gasteiger partial charge is 0.465 e. The maximum Gasteiger partial charge on any atom is 0.404 e. The van der Waals surface area contributed by atoms with E-state index < -0.39 is 6.09 Å². The fourth-order valence-electron chi connectivity index (χ4n) is 3.51. The number of morpholine rings is 2. The van der Waals surface area contributed by atoms with Crippen LogP contribution in [-0.4, -0.2) is 72.5 Å². The van der Waals surface area contributed by atoms with Crippen molar-refractivity contribution in [2.24, 2.45) is 0 Å². The number of amides is 1. The minimum atomic E-state index is -0.944. The Hall–Kier alpha value is -1.63. The molecule has 0 radical (unpaired) electrons. The second-order valence-electron chi connectivity index (χ2n) is 6.40. The molecule has 2 unspecified atom stereocenters. The van der Waals surface area contributed by atoms with Crippen molar-refractivity contribution in [3.63, 3.8) is 0 Å². The Labute approximate surface area is 137 Å². The summed E-state index contributed by atoms with van der Waals surface area (Å²) in [6.07, 6.45) is 0.428. The Morgan fingerprint density at radius 1 is 1.13 bits per heavy atom. The van der Waals surface area contributed by atoms with E-state index in [1.165, 1.54) is 5.56 Å². The van der Waals surface area contributed by atoms with Crippen molar-refractivity contribution in [3.05, 3.63) is 35.9 Å². The molecule has 0 saturated carbocycles. The number of carboxylic acid groups (broad SMARTS) is 1. The maximum absolute atomic E-state index is 10.4. The van der Waals surface area contributed by atoms with Gasteiger partial charge in [0.2, 0.25) is 0 Å². The van der Waals surface area contributed by atoms with Gasteiger partial charge in [-0.05, 0) is 12.0 Å². The first kappa shape index (κ1) is 16.2. The zero-order valence-corrected chi connectivity index (χ0v) is 13.4. The summed E-state index contributed by atoms with van der Waals surface area (Å²) < 4.78 is 6.07. The van der Waals surface area contributed by atoms with Gasteiger partial charge in [0.25, 0.3) is 0 Å². The molecule has 23 heavy (non-hydrogen) atoms. The van der Waals surface area contributed by atoms with Crippen LogP contribution in [0, 0.1) is 0 Å². The number of benzene rings is 1. The third kappa shape index (κ3) is 4.92. The highest BCUT2D eigenvalue weighted by molar-refractivity contribution is 5.64. The first-order valence-electron chi connectivity index (χ1n) is 8.30. The third-order valence-corrected chi connectivity index (χ3v) is 4.41. The predicted octanol–water partition coefficient (Wildman–Crippen LogP) is 1.23. The molecule has 2 aliphatic rings. The molecule has 2 N–H and O–H groups in total. The maximum atomic E-state index is 10.4. The Morgan fingerprint density at radius 2 is 1.78 bits per heavy atom. The molecule has 1 amide bonds. The molecule has 0 aliphatic carbocycles. The Bertz CT molecular complexity index is 497. The van der Waals surface area contributed by atoms with Gasteiger partial charge in [0, 0.05) is 45.8 Å². The van der Waals surface area contributed by atoms with Crippen LogP contribution in [0.1, 0.15) is 12.0 Å². The van der Waals surface area contributed by atoms with E-state index in [9.17, 15) is 4.79 Å². The number of hydrogen-bond donors (Lipinski definition) is 2. The van der Waals surface area contributed by atoms with Crippen LogP contribution < -0.4 is 5.32 Å². The first-order chi connectivity index (χ1) is 11.2. The van der Waals surface area contributed by atoms with Gasteiger partial charge in [-0.3, -0.25) is 9.80 Å². The zero-order valence-electron chi connectivity index (χ0n) is 13.4. The molecule has 3 rings (SSSR count). The van der Waals surface area contributed by atoms with E-state index in [2.05, 4.69) is 45.4 Å². The van der Waals surface area contributed by atoms with Crippen molar-refractivity contribution >= 4 is 6.09 Å².